The van der Waals surface area contributed by atoms with Gasteiger partial charge in [0.2, 0.25) is 17.6 Å². The van der Waals surface area contributed by atoms with E-state index in [1.54, 1.807) is 27.7 Å². The van der Waals surface area contributed by atoms with Gasteiger partial charge in [-0.1, -0.05) is 70.0 Å². The maximum atomic E-state index is 14.5. The third-order valence-corrected chi connectivity index (χ3v) is 15.6. The lowest BCUT2D eigenvalue weighted by Gasteiger charge is -2.47. The van der Waals surface area contributed by atoms with Gasteiger partial charge in [0.15, 0.2) is 9.84 Å². The Morgan fingerprint density at radius 3 is 2.20 bits per heavy atom. The van der Waals surface area contributed by atoms with Gasteiger partial charge in [0.25, 0.3) is 5.91 Å². The summed E-state index contributed by atoms with van der Waals surface area (Å²) in [4.78, 5) is 71.0. The van der Waals surface area contributed by atoms with Gasteiger partial charge < -0.3 is 30.9 Å². The molecule has 1 heterocycles. The summed E-state index contributed by atoms with van der Waals surface area (Å²) in [5, 5.41) is 11.4. The highest BCUT2D eigenvalue weighted by Gasteiger charge is 2.70. The maximum Gasteiger partial charge on any atom is 0.316 e. The van der Waals surface area contributed by atoms with Crippen molar-refractivity contribution in [2.75, 3.05) is 12.3 Å². The number of carbonyl (C=O) groups is 5. The fourth-order valence-corrected chi connectivity index (χ4v) is 10.4. The van der Waals surface area contributed by atoms with E-state index in [1.807, 2.05) is 44.2 Å². The molecule has 1 saturated heterocycles. The Hall–Kier alpha value is -3.78. The monoisotopic (exact) mass is 781 g/mol. The van der Waals surface area contributed by atoms with Crippen LogP contribution in [0, 0.1) is 17.3 Å². The van der Waals surface area contributed by atoms with E-state index >= 15 is 0 Å². The van der Waals surface area contributed by atoms with Gasteiger partial charge in [-0.25, -0.2) is 13.2 Å². The largest absolute Gasteiger partial charge is 0.373 e. The molecule has 4 aliphatic carbocycles. The van der Waals surface area contributed by atoms with Crippen molar-refractivity contribution < 1.29 is 37.1 Å². The minimum Gasteiger partial charge on any atom is -0.373 e. The van der Waals surface area contributed by atoms with E-state index in [2.05, 4.69) is 27.8 Å². The number of fused-ring (bicyclic) bond motifs is 1. The van der Waals surface area contributed by atoms with Crippen molar-refractivity contribution in [3.63, 3.8) is 0 Å². The van der Waals surface area contributed by atoms with E-state index in [1.165, 1.54) is 4.90 Å². The number of benzene rings is 1. The Morgan fingerprint density at radius 1 is 0.982 bits per heavy atom. The van der Waals surface area contributed by atoms with Crippen LogP contribution in [0.15, 0.2) is 42.5 Å². The fraction of sp³-hybridized carbons (Fsp3) is 0.683. The van der Waals surface area contributed by atoms with Crippen LogP contribution < -0.4 is 21.3 Å². The van der Waals surface area contributed by atoms with Crippen LogP contribution in [0.3, 0.4) is 0 Å². The number of piperidine rings is 1. The number of nitrogens with one attached hydrogen (secondary N) is 4. The van der Waals surface area contributed by atoms with Crippen molar-refractivity contribution in [2.45, 2.75) is 146 Å². The van der Waals surface area contributed by atoms with Crippen LogP contribution in [0.2, 0.25) is 0 Å². The Balaban J connectivity index is 1.18. The molecule has 0 aromatic heterocycles. The summed E-state index contributed by atoms with van der Waals surface area (Å²) in [5.74, 6) is -2.92. The first kappa shape index (κ1) is 40.9. The predicted molar refractivity (Wildman–Crippen MR) is 207 cm³/mol. The first-order valence-electron chi connectivity index (χ1n) is 19.8. The molecule has 0 bridgehead atoms. The second kappa shape index (κ2) is 14.9. The standard InChI is InChI=1S/C41H59N5O8S/c1-25(2)31(43-37(51)45-40(18-12-9-13-19-40)24-55(52,53)38(3,4)5)36(50)46-22-29-30(39(29,6)7)32(46)34(48)44-41(33(47)35(49)42-27-16-17-27)20-28(21-41)54-23-26-14-10-8-11-15-26/h8,10-11,14-15,27-32H,1,9,12-13,16-24H2,2-7H3,(H,42,49)(H,44,48)(H2,43,45,51)/t28?,29-,30-,31-,32-,41?/m0/s1. The van der Waals surface area contributed by atoms with E-state index in [0.717, 1.165) is 37.7 Å². The first-order chi connectivity index (χ1) is 25.7. The van der Waals surface area contributed by atoms with Crippen molar-refractivity contribution in [3.05, 3.63) is 48.0 Å². The topological polar surface area (TPSA) is 180 Å². The molecule has 0 spiro atoms. The molecule has 14 heteroatoms. The van der Waals surface area contributed by atoms with Gasteiger partial charge >= 0.3 is 6.03 Å². The van der Waals surface area contributed by atoms with Gasteiger partial charge in [0.1, 0.15) is 17.6 Å². The lowest BCUT2D eigenvalue weighted by atomic mass is 9.70. The fourth-order valence-electron chi connectivity index (χ4n) is 8.87. The molecule has 1 aromatic carbocycles. The zero-order valence-electron chi connectivity index (χ0n) is 33.2. The highest BCUT2D eigenvalue weighted by Crippen LogP contribution is 2.65. The molecule has 55 heavy (non-hydrogen) atoms. The number of rotatable bonds is 14. The van der Waals surface area contributed by atoms with E-state index in [4.69, 9.17) is 4.74 Å². The molecule has 1 aliphatic heterocycles. The van der Waals surface area contributed by atoms with E-state index in [0.29, 0.717) is 25.0 Å². The molecule has 4 saturated carbocycles. The first-order valence-corrected chi connectivity index (χ1v) is 21.4. The Labute approximate surface area is 325 Å². The summed E-state index contributed by atoms with van der Waals surface area (Å²) < 4.78 is 31.7. The zero-order valence-corrected chi connectivity index (χ0v) is 34.0. The number of carbonyl (C=O) groups excluding carboxylic acids is 5. The average Bonchev–Trinajstić information content (AvgIpc) is 3.94. The molecule has 5 aliphatic rings. The maximum absolute atomic E-state index is 14.5. The van der Waals surface area contributed by atoms with Gasteiger partial charge in [-0.3, -0.25) is 19.2 Å². The zero-order chi connectivity index (χ0) is 40.1. The van der Waals surface area contributed by atoms with E-state index in [9.17, 15) is 32.4 Å². The molecule has 0 radical (unpaired) electrons. The minimum atomic E-state index is -3.59. The molecule has 302 valence electrons. The summed E-state index contributed by atoms with van der Waals surface area (Å²) in [6, 6.07) is 6.71. The van der Waals surface area contributed by atoms with Crippen LogP contribution in [-0.2, 0) is 40.4 Å². The Bertz CT molecular complexity index is 1810. The number of sulfone groups is 1. The molecule has 6 rings (SSSR count). The molecule has 1 aromatic rings. The van der Waals surface area contributed by atoms with Gasteiger partial charge in [0.05, 0.1) is 28.7 Å². The smallest absolute Gasteiger partial charge is 0.316 e. The normalized spacial score (nSPS) is 28.4. The highest BCUT2D eigenvalue weighted by atomic mass is 32.2. The van der Waals surface area contributed by atoms with Crippen LogP contribution in [0.4, 0.5) is 4.79 Å². The number of amides is 5. The molecule has 5 fully saturated rings. The van der Waals surface area contributed by atoms with Crippen LogP contribution in [0.25, 0.3) is 0 Å². The highest BCUT2D eigenvalue weighted by molar-refractivity contribution is 7.92. The summed E-state index contributed by atoms with van der Waals surface area (Å²) >= 11 is 0. The minimum absolute atomic E-state index is 0.00747. The number of hydrogen-bond donors (Lipinski definition) is 4. The second-order valence-corrected chi connectivity index (χ2v) is 21.2. The van der Waals surface area contributed by atoms with Crippen LogP contribution >= 0.6 is 0 Å². The lowest BCUT2D eigenvalue weighted by molar-refractivity contribution is -0.155. The van der Waals surface area contributed by atoms with Gasteiger partial charge in [-0.15, -0.1) is 0 Å². The van der Waals surface area contributed by atoms with Gasteiger partial charge in [-0.05, 0) is 81.8 Å². The Kier molecular flexibility index (Phi) is 11.1. The van der Waals surface area contributed by atoms with Crippen molar-refractivity contribution in [1.29, 1.82) is 0 Å². The van der Waals surface area contributed by atoms with Crippen molar-refractivity contribution >= 4 is 39.4 Å². The number of ketones is 1. The predicted octanol–water partition coefficient (Wildman–Crippen LogP) is 3.71. The molecule has 0 unspecified atom stereocenters. The summed E-state index contributed by atoms with van der Waals surface area (Å²) in [6.07, 6.45) is 4.90. The van der Waals surface area contributed by atoms with Crippen LogP contribution in [0.5, 0.6) is 0 Å². The number of Topliss-reactive ketones (excluding diaryl/α,β-unsaturated/α-hetero) is 1. The van der Waals surface area contributed by atoms with Crippen LogP contribution in [-0.4, -0.2) is 95.2 Å². The lowest BCUT2D eigenvalue weighted by Crippen LogP contribution is -2.70. The number of hydrogen-bond acceptors (Lipinski definition) is 8. The average molecular weight is 782 g/mol. The number of nitrogens with zero attached hydrogens (tertiary/aromatic N) is 1. The van der Waals surface area contributed by atoms with Crippen molar-refractivity contribution in [1.82, 2.24) is 26.2 Å². The Morgan fingerprint density at radius 2 is 1.62 bits per heavy atom. The van der Waals surface area contributed by atoms with Crippen LogP contribution in [0.1, 0.15) is 105 Å². The van der Waals surface area contributed by atoms with Crippen molar-refractivity contribution in [3.8, 4) is 0 Å². The van der Waals surface area contributed by atoms with Gasteiger partial charge in [0, 0.05) is 25.4 Å². The number of ether oxygens (including phenoxy) is 1. The van der Waals surface area contributed by atoms with E-state index in [-0.39, 0.29) is 54.5 Å². The molecule has 4 atom stereocenters. The molecular weight excluding hydrogens is 723 g/mol. The summed E-state index contributed by atoms with van der Waals surface area (Å²) in [5.41, 5.74) is -1.43. The summed E-state index contributed by atoms with van der Waals surface area (Å²) in [6.45, 7) is 15.2. The molecule has 13 nitrogen and oxygen atoms in total. The molecular formula is C41H59N5O8S. The number of likely N-dealkylation sites (tertiary alicyclic amines) is 1. The second-order valence-electron chi connectivity index (χ2n) is 18.5. The SMILES string of the molecule is C=C(C)[C@H](NC(=O)NC1(CS(=O)(=O)C(C)(C)C)CCCCC1)C(=O)N1C[C@H]2[C@@H]([C@H]1C(=O)NC1(C(=O)C(=O)NC3CC3)CC(OCc3ccccc3)C1)C2(C)C. The molecule has 5 amide bonds. The summed E-state index contributed by atoms with van der Waals surface area (Å²) in [7, 11) is -3.59. The van der Waals surface area contributed by atoms with Crippen molar-refractivity contribution in [2.24, 2.45) is 17.3 Å². The quantitative estimate of drug-likeness (QED) is 0.163. The molecule has 4 N–H and O–H groups in total. The third-order valence-electron chi connectivity index (χ3n) is 12.8. The number of urea groups is 1. The van der Waals surface area contributed by atoms with E-state index < -0.39 is 67.3 Å². The van der Waals surface area contributed by atoms with Gasteiger partial charge in [-0.2, -0.15) is 0 Å². The third kappa shape index (κ3) is 8.50.